The molecule has 1 amide bonds. The Morgan fingerprint density at radius 3 is 2.27 bits per heavy atom. The van der Waals surface area contributed by atoms with Crippen LogP contribution in [0.1, 0.15) is 51.3 Å². The topological polar surface area (TPSA) is 80.4 Å². The van der Waals surface area contributed by atoms with Gasteiger partial charge in [-0.15, -0.1) is 0 Å². The van der Waals surface area contributed by atoms with Gasteiger partial charge in [-0.05, 0) is 48.6 Å². The standard InChI is InChI=1S/C27H26N2O4/c1-4-32-26(30)25-17(2)19(18(3)29-25)14-9-15-28-27(31)33-16-24-22-12-7-5-10-20(22)21-11-6-8-13-23(21)24/h5-8,10-13,24,29H,4,15-16H2,1-3H3,(H,28,31). The van der Waals surface area contributed by atoms with Gasteiger partial charge in [-0.25, -0.2) is 9.59 Å². The van der Waals surface area contributed by atoms with Crippen molar-refractivity contribution in [2.45, 2.75) is 26.7 Å². The van der Waals surface area contributed by atoms with Crippen LogP contribution in [0.25, 0.3) is 11.1 Å². The predicted octanol–water partition coefficient (Wildman–Crippen LogP) is 4.70. The summed E-state index contributed by atoms with van der Waals surface area (Å²) in [5, 5.41) is 2.68. The lowest BCUT2D eigenvalue weighted by atomic mass is 9.98. The van der Waals surface area contributed by atoms with Crippen molar-refractivity contribution in [3.63, 3.8) is 0 Å². The van der Waals surface area contributed by atoms with Crippen molar-refractivity contribution in [2.75, 3.05) is 19.8 Å². The van der Waals surface area contributed by atoms with Gasteiger partial charge in [-0.2, -0.15) is 0 Å². The zero-order chi connectivity index (χ0) is 23.4. The quantitative estimate of drug-likeness (QED) is 0.443. The number of rotatable bonds is 5. The SMILES string of the molecule is CCOC(=O)c1[nH]c(C)c(C#CCNC(=O)OCC2c3ccccc3-c3ccccc32)c1C. The normalized spacial score (nSPS) is 11.7. The van der Waals surface area contributed by atoms with E-state index in [0.29, 0.717) is 12.3 Å². The summed E-state index contributed by atoms with van der Waals surface area (Å²) in [4.78, 5) is 27.3. The number of esters is 1. The number of amides is 1. The summed E-state index contributed by atoms with van der Waals surface area (Å²) < 4.78 is 10.6. The summed E-state index contributed by atoms with van der Waals surface area (Å²) >= 11 is 0. The van der Waals surface area contributed by atoms with Crippen LogP contribution in [0.5, 0.6) is 0 Å². The van der Waals surface area contributed by atoms with E-state index in [2.05, 4.69) is 46.4 Å². The molecular formula is C27H26N2O4. The number of ether oxygens (including phenoxy) is 2. The van der Waals surface area contributed by atoms with E-state index in [-0.39, 0.29) is 19.1 Å². The highest BCUT2D eigenvalue weighted by atomic mass is 16.5. The van der Waals surface area contributed by atoms with Gasteiger partial charge in [0.05, 0.1) is 13.2 Å². The third-order valence-corrected chi connectivity index (χ3v) is 5.80. The summed E-state index contributed by atoms with van der Waals surface area (Å²) in [5.74, 6) is 5.56. The van der Waals surface area contributed by atoms with E-state index in [1.807, 2.05) is 38.1 Å². The Labute approximate surface area is 193 Å². The van der Waals surface area contributed by atoms with Crippen molar-refractivity contribution in [2.24, 2.45) is 0 Å². The highest BCUT2D eigenvalue weighted by Crippen LogP contribution is 2.44. The highest BCUT2D eigenvalue weighted by Gasteiger charge is 2.28. The second-order valence-corrected chi connectivity index (χ2v) is 7.83. The van der Waals surface area contributed by atoms with Gasteiger partial charge in [0.2, 0.25) is 0 Å². The molecule has 1 heterocycles. The van der Waals surface area contributed by atoms with Gasteiger partial charge in [-0.1, -0.05) is 60.4 Å². The Morgan fingerprint density at radius 2 is 1.64 bits per heavy atom. The molecule has 0 saturated carbocycles. The molecule has 4 rings (SSSR count). The molecule has 168 valence electrons. The van der Waals surface area contributed by atoms with Gasteiger partial charge in [-0.3, -0.25) is 0 Å². The van der Waals surface area contributed by atoms with Gasteiger partial charge in [0.1, 0.15) is 12.3 Å². The molecule has 0 bridgehead atoms. The summed E-state index contributed by atoms with van der Waals surface area (Å²) in [7, 11) is 0. The number of alkyl carbamates (subject to hydrolysis) is 1. The zero-order valence-electron chi connectivity index (χ0n) is 19.0. The van der Waals surface area contributed by atoms with Crippen LogP contribution in [-0.4, -0.2) is 36.8 Å². The molecule has 33 heavy (non-hydrogen) atoms. The fraction of sp³-hybridized carbons (Fsp3) is 0.259. The molecule has 1 aliphatic carbocycles. The van der Waals surface area contributed by atoms with E-state index in [1.165, 1.54) is 22.3 Å². The monoisotopic (exact) mass is 442 g/mol. The second-order valence-electron chi connectivity index (χ2n) is 7.83. The van der Waals surface area contributed by atoms with Crippen LogP contribution in [0.3, 0.4) is 0 Å². The minimum atomic E-state index is -0.513. The number of H-pyrrole nitrogens is 1. The minimum Gasteiger partial charge on any atom is -0.461 e. The fourth-order valence-electron chi connectivity index (χ4n) is 4.24. The third-order valence-electron chi connectivity index (χ3n) is 5.80. The van der Waals surface area contributed by atoms with Gasteiger partial charge < -0.3 is 19.8 Å². The van der Waals surface area contributed by atoms with E-state index in [1.54, 1.807) is 6.92 Å². The molecule has 0 atom stereocenters. The highest BCUT2D eigenvalue weighted by molar-refractivity contribution is 5.90. The number of aryl methyl sites for hydroxylation is 1. The first-order valence-electron chi connectivity index (χ1n) is 10.9. The lowest BCUT2D eigenvalue weighted by molar-refractivity contribution is 0.0519. The number of carbonyl (C=O) groups is 2. The Kier molecular flexibility index (Phi) is 6.50. The Hall–Kier alpha value is -3.98. The molecule has 1 aliphatic rings. The number of hydrogen-bond donors (Lipinski definition) is 2. The molecule has 3 aromatic rings. The Morgan fingerprint density at radius 1 is 1.00 bits per heavy atom. The van der Waals surface area contributed by atoms with Crippen LogP contribution < -0.4 is 5.32 Å². The van der Waals surface area contributed by atoms with E-state index in [9.17, 15) is 9.59 Å². The molecule has 6 heteroatoms. The van der Waals surface area contributed by atoms with E-state index < -0.39 is 12.1 Å². The summed E-state index contributed by atoms with van der Waals surface area (Å²) in [6.45, 7) is 6.12. The number of carbonyl (C=O) groups excluding carboxylic acids is 2. The largest absolute Gasteiger partial charge is 0.461 e. The minimum absolute atomic E-state index is 0.0145. The molecule has 1 aromatic heterocycles. The van der Waals surface area contributed by atoms with Gasteiger partial charge in [0.25, 0.3) is 0 Å². The number of aromatic amines is 1. The Bertz CT molecular complexity index is 1220. The van der Waals surface area contributed by atoms with E-state index >= 15 is 0 Å². The zero-order valence-corrected chi connectivity index (χ0v) is 19.0. The first kappa shape index (κ1) is 22.2. The fourth-order valence-corrected chi connectivity index (χ4v) is 4.24. The van der Waals surface area contributed by atoms with Crippen LogP contribution in [0.15, 0.2) is 48.5 Å². The molecule has 0 spiro atoms. The Balaban J connectivity index is 1.35. The molecule has 0 aliphatic heterocycles. The number of fused-ring (bicyclic) bond motifs is 3. The number of benzene rings is 2. The smallest absolute Gasteiger partial charge is 0.407 e. The summed E-state index contributed by atoms with van der Waals surface area (Å²) in [6, 6.07) is 16.4. The molecule has 2 aromatic carbocycles. The average molecular weight is 443 g/mol. The van der Waals surface area contributed by atoms with Gasteiger partial charge in [0, 0.05) is 17.2 Å². The van der Waals surface area contributed by atoms with Gasteiger partial charge >= 0.3 is 12.1 Å². The average Bonchev–Trinajstić information content (AvgIpc) is 3.29. The number of hydrogen-bond acceptors (Lipinski definition) is 4. The summed E-state index contributed by atoms with van der Waals surface area (Å²) in [6.07, 6.45) is -0.513. The lowest BCUT2D eigenvalue weighted by Crippen LogP contribution is -2.26. The molecule has 2 N–H and O–H groups in total. The third kappa shape index (κ3) is 4.49. The van der Waals surface area contributed by atoms with Crippen molar-refractivity contribution in [1.29, 1.82) is 0 Å². The first-order valence-corrected chi connectivity index (χ1v) is 10.9. The first-order chi connectivity index (χ1) is 16.0. The van der Waals surface area contributed by atoms with E-state index in [0.717, 1.165) is 16.8 Å². The number of nitrogens with one attached hydrogen (secondary N) is 2. The molecular weight excluding hydrogens is 416 g/mol. The second kappa shape index (κ2) is 9.66. The molecule has 0 radical (unpaired) electrons. The van der Waals surface area contributed by atoms with Crippen LogP contribution in [0.2, 0.25) is 0 Å². The predicted molar refractivity (Wildman–Crippen MR) is 126 cm³/mol. The van der Waals surface area contributed by atoms with Crippen molar-refractivity contribution < 1.29 is 19.1 Å². The van der Waals surface area contributed by atoms with Crippen LogP contribution in [0, 0.1) is 25.7 Å². The lowest BCUT2D eigenvalue weighted by Gasteiger charge is -2.14. The van der Waals surface area contributed by atoms with Crippen LogP contribution >= 0.6 is 0 Å². The van der Waals surface area contributed by atoms with Crippen molar-refractivity contribution in [3.8, 4) is 23.0 Å². The summed E-state index contributed by atoms with van der Waals surface area (Å²) in [5.41, 5.74) is 7.36. The van der Waals surface area contributed by atoms with Crippen molar-refractivity contribution in [3.05, 3.63) is 82.2 Å². The maximum absolute atomic E-state index is 12.3. The van der Waals surface area contributed by atoms with Crippen LogP contribution in [0.4, 0.5) is 4.79 Å². The van der Waals surface area contributed by atoms with Crippen molar-refractivity contribution >= 4 is 12.1 Å². The molecule has 0 unspecified atom stereocenters. The van der Waals surface area contributed by atoms with Gasteiger partial charge in [0.15, 0.2) is 0 Å². The number of aromatic nitrogens is 1. The maximum Gasteiger partial charge on any atom is 0.407 e. The maximum atomic E-state index is 12.3. The van der Waals surface area contributed by atoms with Crippen molar-refractivity contribution in [1.82, 2.24) is 10.3 Å². The van der Waals surface area contributed by atoms with Crippen LogP contribution in [-0.2, 0) is 9.47 Å². The molecule has 6 nitrogen and oxygen atoms in total. The molecule has 0 fully saturated rings. The van der Waals surface area contributed by atoms with E-state index in [4.69, 9.17) is 9.47 Å². The molecule has 0 saturated heterocycles.